The molecule has 1 saturated carbocycles. The third-order valence-electron chi connectivity index (χ3n) is 4.40. The van der Waals surface area contributed by atoms with Gasteiger partial charge in [-0.2, -0.15) is 0 Å². The normalized spacial score (nSPS) is 43.2. The monoisotopic (exact) mass is 182 g/mol. The van der Waals surface area contributed by atoms with Gasteiger partial charge in [-0.1, -0.05) is 41.0 Å². The van der Waals surface area contributed by atoms with Crippen molar-refractivity contribution in [2.75, 3.05) is 0 Å². The van der Waals surface area contributed by atoms with Crippen LogP contribution in [0, 0.1) is 29.6 Å². The van der Waals surface area contributed by atoms with Gasteiger partial charge >= 0.3 is 0 Å². The number of hydrogen-bond donors (Lipinski definition) is 0. The highest BCUT2D eigenvalue weighted by Gasteiger charge is 2.33. The van der Waals surface area contributed by atoms with Crippen molar-refractivity contribution in [2.45, 2.75) is 53.9 Å². The van der Waals surface area contributed by atoms with Crippen LogP contribution in [0.5, 0.6) is 0 Å². The molecule has 1 rings (SSSR count). The van der Waals surface area contributed by atoms with Crippen molar-refractivity contribution in [1.29, 1.82) is 0 Å². The number of hydrogen-bond acceptors (Lipinski definition) is 0. The highest BCUT2D eigenvalue weighted by molar-refractivity contribution is 4.82. The van der Waals surface area contributed by atoms with E-state index in [9.17, 15) is 0 Å². The molecule has 1 aliphatic rings. The van der Waals surface area contributed by atoms with Crippen molar-refractivity contribution < 1.29 is 0 Å². The van der Waals surface area contributed by atoms with E-state index >= 15 is 0 Å². The second-order valence-corrected chi connectivity index (χ2v) is 5.46. The van der Waals surface area contributed by atoms with Gasteiger partial charge in [0.2, 0.25) is 0 Å². The first-order valence-electron chi connectivity index (χ1n) is 6.06. The van der Waals surface area contributed by atoms with Gasteiger partial charge in [0.05, 0.1) is 0 Å². The predicted octanol–water partition coefficient (Wildman–Crippen LogP) is 4.35. The van der Waals surface area contributed by atoms with Crippen LogP contribution in [0.3, 0.4) is 0 Å². The summed E-state index contributed by atoms with van der Waals surface area (Å²) in [7, 11) is 0. The first-order chi connectivity index (χ1) is 6.06. The molecule has 0 aromatic heterocycles. The summed E-state index contributed by atoms with van der Waals surface area (Å²) in [6, 6.07) is 0. The Morgan fingerprint density at radius 2 is 1.77 bits per heavy atom. The molecule has 0 aromatic rings. The van der Waals surface area contributed by atoms with Gasteiger partial charge in [-0.15, -0.1) is 0 Å². The third-order valence-corrected chi connectivity index (χ3v) is 4.40. The molecule has 0 nitrogen and oxygen atoms in total. The third kappa shape index (κ3) is 2.48. The van der Waals surface area contributed by atoms with Gasteiger partial charge in [-0.3, -0.25) is 0 Å². The molecule has 5 atom stereocenters. The quantitative estimate of drug-likeness (QED) is 0.595. The molecule has 0 aromatic carbocycles. The molecule has 5 unspecified atom stereocenters. The van der Waals surface area contributed by atoms with E-state index in [-0.39, 0.29) is 0 Å². The maximum absolute atomic E-state index is 2.47. The summed E-state index contributed by atoms with van der Waals surface area (Å²) in [6.07, 6.45) is 4.28. The Labute approximate surface area is 84.1 Å². The summed E-state index contributed by atoms with van der Waals surface area (Å²) in [5.74, 6) is 4.78. The molecular formula is C13H26. The highest BCUT2D eigenvalue weighted by atomic mass is 14.4. The van der Waals surface area contributed by atoms with Crippen molar-refractivity contribution in [3.8, 4) is 0 Å². The lowest BCUT2D eigenvalue weighted by atomic mass is 9.65. The van der Waals surface area contributed by atoms with Crippen molar-refractivity contribution in [3.63, 3.8) is 0 Å². The minimum absolute atomic E-state index is 0.931. The van der Waals surface area contributed by atoms with E-state index in [2.05, 4.69) is 34.6 Å². The van der Waals surface area contributed by atoms with Crippen molar-refractivity contribution in [1.82, 2.24) is 0 Å². The average molecular weight is 182 g/mol. The Balaban J connectivity index is 2.60. The molecule has 0 radical (unpaired) electrons. The molecule has 1 fully saturated rings. The molecule has 0 bridgehead atoms. The standard InChI is InChI=1S/C13H26/c1-6-10(3)13-8-9(2)7-11(4)12(13)5/h9-13H,6-8H2,1-5H3. The first kappa shape index (κ1) is 11.1. The Morgan fingerprint density at radius 1 is 1.15 bits per heavy atom. The van der Waals surface area contributed by atoms with Crippen LogP contribution in [0.1, 0.15) is 53.9 Å². The van der Waals surface area contributed by atoms with E-state index in [1.165, 1.54) is 19.3 Å². The minimum Gasteiger partial charge on any atom is -0.0651 e. The van der Waals surface area contributed by atoms with Crippen LogP contribution in [0.2, 0.25) is 0 Å². The van der Waals surface area contributed by atoms with Crippen molar-refractivity contribution >= 4 is 0 Å². The summed E-state index contributed by atoms with van der Waals surface area (Å²) in [4.78, 5) is 0. The molecule has 13 heavy (non-hydrogen) atoms. The summed E-state index contributed by atoms with van der Waals surface area (Å²) >= 11 is 0. The number of rotatable bonds is 2. The second-order valence-electron chi connectivity index (χ2n) is 5.46. The molecule has 78 valence electrons. The maximum Gasteiger partial charge on any atom is -0.0358 e. The molecule has 0 saturated heterocycles. The first-order valence-corrected chi connectivity index (χ1v) is 6.06. The summed E-state index contributed by atoms with van der Waals surface area (Å²) < 4.78 is 0. The topological polar surface area (TPSA) is 0 Å². The molecule has 0 heteroatoms. The minimum atomic E-state index is 0.931. The molecular weight excluding hydrogens is 156 g/mol. The van der Waals surface area contributed by atoms with Gasteiger partial charge in [0.1, 0.15) is 0 Å². The average Bonchev–Trinajstić information content (AvgIpc) is 2.10. The molecule has 0 aliphatic heterocycles. The SMILES string of the molecule is CCC(C)C1CC(C)CC(C)C1C. The molecule has 0 amide bonds. The molecule has 0 heterocycles. The van der Waals surface area contributed by atoms with Crippen LogP contribution in [0.15, 0.2) is 0 Å². The fourth-order valence-electron chi connectivity index (χ4n) is 3.10. The maximum atomic E-state index is 2.47. The fraction of sp³-hybridized carbons (Fsp3) is 1.00. The van der Waals surface area contributed by atoms with Crippen LogP contribution in [0.4, 0.5) is 0 Å². The zero-order chi connectivity index (χ0) is 10.0. The van der Waals surface area contributed by atoms with Crippen LogP contribution in [-0.2, 0) is 0 Å². The van der Waals surface area contributed by atoms with E-state index in [0.717, 1.165) is 29.6 Å². The van der Waals surface area contributed by atoms with E-state index in [4.69, 9.17) is 0 Å². The molecule has 0 N–H and O–H groups in total. The van der Waals surface area contributed by atoms with Gasteiger partial charge in [0.25, 0.3) is 0 Å². The molecule has 0 spiro atoms. The molecule has 1 aliphatic carbocycles. The summed E-state index contributed by atoms with van der Waals surface area (Å²) in [5, 5.41) is 0. The van der Waals surface area contributed by atoms with E-state index in [1.54, 1.807) is 0 Å². The summed E-state index contributed by atoms with van der Waals surface area (Å²) in [5.41, 5.74) is 0. The summed E-state index contributed by atoms with van der Waals surface area (Å²) in [6.45, 7) is 12.1. The van der Waals surface area contributed by atoms with Gasteiger partial charge in [-0.05, 0) is 42.4 Å². The zero-order valence-corrected chi connectivity index (χ0v) is 10.0. The lowest BCUT2D eigenvalue weighted by Crippen LogP contribution is -2.32. The zero-order valence-electron chi connectivity index (χ0n) is 10.0. The van der Waals surface area contributed by atoms with Gasteiger partial charge < -0.3 is 0 Å². The predicted molar refractivity (Wildman–Crippen MR) is 59.7 cm³/mol. The van der Waals surface area contributed by atoms with Crippen LogP contribution >= 0.6 is 0 Å². The Kier molecular flexibility index (Phi) is 3.82. The van der Waals surface area contributed by atoms with Crippen molar-refractivity contribution in [3.05, 3.63) is 0 Å². The van der Waals surface area contributed by atoms with E-state index in [0.29, 0.717) is 0 Å². The van der Waals surface area contributed by atoms with Gasteiger partial charge in [0.15, 0.2) is 0 Å². The van der Waals surface area contributed by atoms with E-state index < -0.39 is 0 Å². The van der Waals surface area contributed by atoms with Crippen molar-refractivity contribution in [2.24, 2.45) is 29.6 Å². The smallest absolute Gasteiger partial charge is 0.0358 e. The highest BCUT2D eigenvalue weighted by Crippen LogP contribution is 2.41. The fourth-order valence-corrected chi connectivity index (χ4v) is 3.10. The Morgan fingerprint density at radius 3 is 2.31 bits per heavy atom. The second kappa shape index (κ2) is 4.48. The largest absolute Gasteiger partial charge is 0.0651 e. The lowest BCUT2D eigenvalue weighted by Gasteiger charge is -2.40. The van der Waals surface area contributed by atoms with Gasteiger partial charge in [-0.25, -0.2) is 0 Å². The Bertz CT molecular complexity index is 150. The van der Waals surface area contributed by atoms with Crippen LogP contribution < -0.4 is 0 Å². The van der Waals surface area contributed by atoms with Gasteiger partial charge in [0, 0.05) is 0 Å². The van der Waals surface area contributed by atoms with Crippen LogP contribution in [0.25, 0.3) is 0 Å². The lowest BCUT2D eigenvalue weighted by molar-refractivity contribution is 0.0937. The van der Waals surface area contributed by atoms with Crippen LogP contribution in [-0.4, -0.2) is 0 Å². The Hall–Kier alpha value is 0. The van der Waals surface area contributed by atoms with E-state index in [1.807, 2.05) is 0 Å².